The molecular weight excluding hydrogens is 370 g/mol. The van der Waals surface area contributed by atoms with Crippen LogP contribution in [0, 0.1) is 0 Å². The summed E-state index contributed by atoms with van der Waals surface area (Å²) < 4.78 is 0. The monoisotopic (exact) mass is 393 g/mol. The molecule has 0 aliphatic heterocycles. The topological polar surface area (TPSA) is 62.3 Å². The van der Waals surface area contributed by atoms with Crippen LogP contribution in [0.15, 0.2) is 65.8 Å². The number of nitrogens with zero attached hydrogens (tertiary/aromatic N) is 2. The molecule has 0 saturated carbocycles. The van der Waals surface area contributed by atoms with E-state index in [0.717, 1.165) is 26.9 Å². The van der Waals surface area contributed by atoms with E-state index in [4.69, 9.17) is 0 Å². The summed E-state index contributed by atoms with van der Waals surface area (Å²) in [5, 5.41) is 5.03. The standard InChI is InChI=1S/C22H23N3O2S/c1-25(15-17-7-5-6-16-14-23-13-12-18(16)17)22(27)11-10-21(26)24-19-8-3-4-9-20(19)28-2/h3-9,12-14H,10-11,15H2,1-2H3,(H,24,26). The molecule has 6 heteroatoms. The highest BCUT2D eigenvalue weighted by Gasteiger charge is 2.14. The number of benzene rings is 2. The minimum absolute atomic E-state index is 0.0561. The molecule has 0 radical (unpaired) electrons. The maximum absolute atomic E-state index is 12.5. The highest BCUT2D eigenvalue weighted by molar-refractivity contribution is 7.98. The molecule has 3 aromatic rings. The molecule has 1 heterocycles. The summed E-state index contributed by atoms with van der Waals surface area (Å²) in [7, 11) is 1.77. The fraction of sp³-hybridized carbons (Fsp3) is 0.227. The zero-order valence-electron chi connectivity index (χ0n) is 16.0. The highest BCUT2D eigenvalue weighted by Crippen LogP contribution is 2.25. The molecule has 0 aliphatic carbocycles. The normalized spacial score (nSPS) is 10.6. The van der Waals surface area contributed by atoms with Crippen LogP contribution >= 0.6 is 11.8 Å². The van der Waals surface area contributed by atoms with Gasteiger partial charge in [-0.2, -0.15) is 0 Å². The van der Waals surface area contributed by atoms with Crippen molar-refractivity contribution in [3.63, 3.8) is 0 Å². The number of pyridine rings is 1. The number of thioether (sulfide) groups is 1. The second-order valence-corrected chi connectivity index (χ2v) is 7.36. The van der Waals surface area contributed by atoms with Gasteiger partial charge in [0.05, 0.1) is 5.69 Å². The first-order valence-corrected chi connectivity index (χ1v) is 10.3. The number of para-hydroxylation sites is 1. The van der Waals surface area contributed by atoms with Crippen LogP contribution in [0.2, 0.25) is 0 Å². The Balaban J connectivity index is 1.56. The van der Waals surface area contributed by atoms with Gasteiger partial charge in [0.2, 0.25) is 11.8 Å². The third kappa shape index (κ3) is 4.89. The number of hydrogen-bond donors (Lipinski definition) is 1. The van der Waals surface area contributed by atoms with Crippen molar-refractivity contribution in [1.29, 1.82) is 0 Å². The van der Waals surface area contributed by atoms with Crippen molar-refractivity contribution in [2.24, 2.45) is 0 Å². The van der Waals surface area contributed by atoms with E-state index in [1.165, 1.54) is 0 Å². The van der Waals surface area contributed by atoms with Crippen LogP contribution in [0.25, 0.3) is 10.8 Å². The Morgan fingerprint density at radius 1 is 1.07 bits per heavy atom. The summed E-state index contributed by atoms with van der Waals surface area (Å²) in [6.45, 7) is 0.497. The van der Waals surface area contributed by atoms with Crippen LogP contribution in [0.1, 0.15) is 18.4 Å². The molecule has 144 valence electrons. The van der Waals surface area contributed by atoms with E-state index in [9.17, 15) is 9.59 Å². The first-order valence-electron chi connectivity index (χ1n) is 9.07. The number of rotatable bonds is 7. The number of anilines is 1. The van der Waals surface area contributed by atoms with Gasteiger partial charge in [0.25, 0.3) is 0 Å². The van der Waals surface area contributed by atoms with E-state index in [-0.39, 0.29) is 24.7 Å². The molecule has 0 unspecified atom stereocenters. The molecule has 0 bridgehead atoms. The Kier molecular flexibility index (Phi) is 6.66. The van der Waals surface area contributed by atoms with Gasteiger partial charge in [0, 0.05) is 49.1 Å². The minimum Gasteiger partial charge on any atom is -0.341 e. The summed E-state index contributed by atoms with van der Waals surface area (Å²) in [4.78, 5) is 31.5. The summed E-state index contributed by atoms with van der Waals surface area (Å²) in [5.74, 6) is -0.209. The summed E-state index contributed by atoms with van der Waals surface area (Å²) >= 11 is 1.57. The van der Waals surface area contributed by atoms with Crippen molar-refractivity contribution in [2.45, 2.75) is 24.3 Å². The van der Waals surface area contributed by atoms with Crippen LogP contribution in [0.4, 0.5) is 5.69 Å². The second kappa shape index (κ2) is 9.37. The van der Waals surface area contributed by atoms with Crippen molar-refractivity contribution < 1.29 is 9.59 Å². The van der Waals surface area contributed by atoms with Crippen molar-refractivity contribution in [2.75, 3.05) is 18.6 Å². The molecule has 1 aromatic heterocycles. The van der Waals surface area contributed by atoms with Crippen molar-refractivity contribution in [3.8, 4) is 0 Å². The van der Waals surface area contributed by atoms with E-state index in [0.29, 0.717) is 6.54 Å². The van der Waals surface area contributed by atoms with Crippen LogP contribution in [0.3, 0.4) is 0 Å². The van der Waals surface area contributed by atoms with Crippen molar-refractivity contribution >= 4 is 40.0 Å². The van der Waals surface area contributed by atoms with Gasteiger partial charge in [-0.3, -0.25) is 14.6 Å². The molecule has 3 rings (SSSR count). The summed E-state index contributed by atoms with van der Waals surface area (Å²) in [6, 6.07) is 15.6. The zero-order valence-corrected chi connectivity index (χ0v) is 16.8. The molecule has 2 aromatic carbocycles. The maximum atomic E-state index is 12.5. The molecule has 0 atom stereocenters. The zero-order chi connectivity index (χ0) is 19.9. The molecule has 5 nitrogen and oxygen atoms in total. The SMILES string of the molecule is CSc1ccccc1NC(=O)CCC(=O)N(C)Cc1cccc2cnccc12. The third-order valence-electron chi connectivity index (χ3n) is 4.55. The first-order chi connectivity index (χ1) is 13.6. The highest BCUT2D eigenvalue weighted by atomic mass is 32.2. The third-order valence-corrected chi connectivity index (χ3v) is 5.35. The number of aromatic nitrogens is 1. The van der Waals surface area contributed by atoms with Crippen molar-refractivity contribution in [1.82, 2.24) is 9.88 Å². The van der Waals surface area contributed by atoms with Crippen LogP contribution < -0.4 is 5.32 Å². The van der Waals surface area contributed by atoms with Crippen LogP contribution in [0.5, 0.6) is 0 Å². The van der Waals surface area contributed by atoms with Gasteiger partial charge in [-0.1, -0.05) is 30.3 Å². The van der Waals surface area contributed by atoms with E-state index in [2.05, 4.69) is 10.3 Å². The van der Waals surface area contributed by atoms with Gasteiger partial charge < -0.3 is 10.2 Å². The molecular formula is C22H23N3O2S. The first kappa shape index (κ1) is 19.9. The fourth-order valence-electron chi connectivity index (χ4n) is 3.04. The Hall–Kier alpha value is -2.86. The fourth-order valence-corrected chi connectivity index (χ4v) is 3.60. The Morgan fingerprint density at radius 3 is 2.71 bits per heavy atom. The molecule has 0 aliphatic rings. The predicted molar refractivity (Wildman–Crippen MR) is 114 cm³/mol. The lowest BCUT2D eigenvalue weighted by molar-refractivity contribution is -0.132. The summed E-state index contributed by atoms with van der Waals surface area (Å²) in [6.07, 6.45) is 5.87. The lowest BCUT2D eigenvalue weighted by Crippen LogP contribution is -2.27. The number of hydrogen-bond acceptors (Lipinski definition) is 4. The Bertz CT molecular complexity index is 985. The lowest BCUT2D eigenvalue weighted by Gasteiger charge is -2.18. The van der Waals surface area contributed by atoms with E-state index >= 15 is 0 Å². The average molecular weight is 394 g/mol. The van der Waals surface area contributed by atoms with Gasteiger partial charge in [-0.25, -0.2) is 0 Å². The predicted octanol–water partition coefficient (Wildman–Crippen LogP) is 4.33. The maximum Gasteiger partial charge on any atom is 0.224 e. The van der Waals surface area contributed by atoms with Crippen LogP contribution in [-0.4, -0.2) is 35.0 Å². The van der Waals surface area contributed by atoms with Gasteiger partial charge in [-0.05, 0) is 35.4 Å². The lowest BCUT2D eigenvalue weighted by atomic mass is 10.1. The molecule has 1 N–H and O–H groups in total. The Labute approximate surface area is 169 Å². The smallest absolute Gasteiger partial charge is 0.224 e. The molecule has 2 amide bonds. The number of nitrogens with one attached hydrogen (secondary N) is 1. The quantitative estimate of drug-likeness (QED) is 0.607. The minimum atomic E-state index is -0.153. The number of fused-ring (bicyclic) bond motifs is 1. The van der Waals surface area contributed by atoms with Crippen LogP contribution in [-0.2, 0) is 16.1 Å². The van der Waals surface area contributed by atoms with E-state index in [1.807, 2.05) is 61.0 Å². The molecule has 0 saturated heterocycles. The number of carbonyl (C=O) groups excluding carboxylic acids is 2. The number of amides is 2. The van der Waals surface area contributed by atoms with Gasteiger partial charge >= 0.3 is 0 Å². The number of carbonyl (C=O) groups is 2. The van der Waals surface area contributed by atoms with E-state index in [1.54, 1.807) is 29.9 Å². The Morgan fingerprint density at radius 2 is 1.89 bits per heavy atom. The molecule has 0 spiro atoms. The second-order valence-electron chi connectivity index (χ2n) is 6.51. The van der Waals surface area contributed by atoms with Gasteiger partial charge in [0.1, 0.15) is 0 Å². The van der Waals surface area contributed by atoms with Gasteiger partial charge in [-0.15, -0.1) is 11.8 Å². The average Bonchev–Trinajstić information content (AvgIpc) is 2.72. The summed E-state index contributed by atoms with van der Waals surface area (Å²) in [5.41, 5.74) is 1.85. The van der Waals surface area contributed by atoms with E-state index < -0.39 is 0 Å². The largest absolute Gasteiger partial charge is 0.341 e. The molecule has 0 fully saturated rings. The van der Waals surface area contributed by atoms with Gasteiger partial charge in [0.15, 0.2) is 0 Å². The molecule has 28 heavy (non-hydrogen) atoms. The van der Waals surface area contributed by atoms with Crippen molar-refractivity contribution in [3.05, 3.63) is 66.5 Å².